The van der Waals surface area contributed by atoms with E-state index in [1.54, 1.807) is 0 Å². The molecule has 4 saturated carbocycles. The van der Waals surface area contributed by atoms with Gasteiger partial charge in [-0.15, -0.1) is 0 Å². The van der Waals surface area contributed by atoms with Gasteiger partial charge in [0.15, 0.2) is 0 Å². The highest BCUT2D eigenvalue weighted by molar-refractivity contribution is 5.13. The maximum atomic E-state index is 11.6. The van der Waals surface area contributed by atoms with Crippen molar-refractivity contribution in [3.63, 3.8) is 0 Å². The Morgan fingerprint density at radius 1 is 0.828 bits per heavy atom. The van der Waals surface area contributed by atoms with Gasteiger partial charge in [0.2, 0.25) is 0 Å². The molecule has 1 nitrogen and oxygen atoms in total. The van der Waals surface area contributed by atoms with Crippen molar-refractivity contribution < 1.29 is 5.11 Å². The summed E-state index contributed by atoms with van der Waals surface area (Å²) in [5.41, 5.74) is 0.285. The monoisotopic (exact) mass is 402 g/mol. The minimum Gasteiger partial charge on any atom is -0.390 e. The van der Waals surface area contributed by atoms with E-state index in [2.05, 4.69) is 41.5 Å². The lowest BCUT2D eigenvalue weighted by molar-refractivity contribution is -0.209. The number of aliphatic hydroxyl groups is 1. The first-order valence-electron chi connectivity index (χ1n) is 13.3. The minimum absolute atomic E-state index is 0.163. The summed E-state index contributed by atoms with van der Waals surface area (Å²) < 4.78 is 0. The molecule has 0 aromatic carbocycles. The quantitative estimate of drug-likeness (QED) is 0.496. The molecule has 4 aliphatic carbocycles. The summed E-state index contributed by atoms with van der Waals surface area (Å²) in [6.45, 7) is 14.7. The van der Waals surface area contributed by atoms with Gasteiger partial charge in [0.1, 0.15) is 0 Å². The summed E-state index contributed by atoms with van der Waals surface area (Å²) in [5, 5.41) is 11.6. The maximum Gasteiger partial charge on any atom is 0.0678 e. The van der Waals surface area contributed by atoms with E-state index in [9.17, 15) is 5.11 Å². The number of rotatable bonds is 5. The summed E-state index contributed by atoms with van der Waals surface area (Å²) in [6.07, 6.45) is 16.5. The molecule has 2 unspecified atom stereocenters. The molecule has 0 heterocycles. The van der Waals surface area contributed by atoms with E-state index in [4.69, 9.17) is 0 Å². The maximum absolute atomic E-state index is 11.6. The molecule has 0 saturated heterocycles. The van der Waals surface area contributed by atoms with Gasteiger partial charge < -0.3 is 5.11 Å². The van der Waals surface area contributed by atoms with Gasteiger partial charge in [-0.3, -0.25) is 0 Å². The first-order valence-corrected chi connectivity index (χ1v) is 13.3. The third-order valence-electron chi connectivity index (χ3n) is 11.5. The topological polar surface area (TPSA) is 20.2 Å². The van der Waals surface area contributed by atoms with Crippen LogP contribution >= 0.6 is 0 Å². The van der Waals surface area contributed by atoms with Crippen LogP contribution in [0.3, 0.4) is 0 Å². The summed E-state index contributed by atoms with van der Waals surface area (Å²) >= 11 is 0. The van der Waals surface area contributed by atoms with Gasteiger partial charge in [-0.1, -0.05) is 60.3 Å². The molecule has 0 aromatic heterocycles. The molecule has 0 aromatic rings. The summed E-state index contributed by atoms with van der Waals surface area (Å²) in [4.78, 5) is 0. The fourth-order valence-corrected chi connectivity index (χ4v) is 9.70. The van der Waals surface area contributed by atoms with E-state index in [0.29, 0.717) is 5.41 Å². The molecule has 4 fully saturated rings. The van der Waals surface area contributed by atoms with E-state index in [-0.39, 0.29) is 5.41 Å². The van der Waals surface area contributed by atoms with E-state index in [0.717, 1.165) is 47.8 Å². The zero-order valence-electron chi connectivity index (χ0n) is 20.5. The van der Waals surface area contributed by atoms with Crippen LogP contribution < -0.4 is 0 Å². The Kier molecular flexibility index (Phi) is 5.98. The van der Waals surface area contributed by atoms with Gasteiger partial charge in [0.25, 0.3) is 0 Å². The van der Waals surface area contributed by atoms with Crippen LogP contribution in [0.15, 0.2) is 0 Å². The number of hydrogen-bond donors (Lipinski definition) is 1. The predicted octanol–water partition coefficient (Wildman–Crippen LogP) is 7.86. The highest BCUT2D eigenvalue weighted by atomic mass is 16.3. The van der Waals surface area contributed by atoms with Crippen LogP contribution in [0.25, 0.3) is 0 Å². The molecular weight excluding hydrogens is 352 g/mol. The highest BCUT2D eigenvalue weighted by Crippen LogP contribution is 2.69. The molecule has 0 bridgehead atoms. The van der Waals surface area contributed by atoms with Crippen LogP contribution in [0.2, 0.25) is 0 Å². The molecule has 1 heteroatoms. The zero-order valence-corrected chi connectivity index (χ0v) is 20.5. The normalized spacial score (nSPS) is 50.7. The van der Waals surface area contributed by atoms with Crippen molar-refractivity contribution >= 4 is 0 Å². The Bertz CT molecular complexity index is 579. The highest BCUT2D eigenvalue weighted by Gasteiger charge is 2.64. The Morgan fingerprint density at radius 2 is 1.59 bits per heavy atom. The zero-order chi connectivity index (χ0) is 21.0. The smallest absolute Gasteiger partial charge is 0.0678 e. The summed E-state index contributed by atoms with van der Waals surface area (Å²) in [5.74, 6) is 6.03. The Balaban J connectivity index is 1.51. The summed E-state index contributed by atoms with van der Waals surface area (Å²) in [6, 6.07) is 0. The summed E-state index contributed by atoms with van der Waals surface area (Å²) in [7, 11) is 0. The van der Waals surface area contributed by atoms with Crippen LogP contribution in [0, 0.1) is 52.3 Å². The van der Waals surface area contributed by atoms with E-state index in [1.165, 1.54) is 70.6 Å². The second-order valence-electron chi connectivity index (χ2n) is 13.1. The second-order valence-corrected chi connectivity index (χ2v) is 13.1. The van der Waals surface area contributed by atoms with Crippen molar-refractivity contribution in [2.24, 2.45) is 52.3 Å². The van der Waals surface area contributed by atoms with Crippen molar-refractivity contribution in [1.29, 1.82) is 0 Å². The molecule has 4 rings (SSSR count). The SMILES string of the molecule is CC(C)CCC[C@@H](C)[C@H]1CC[C@H]2[C@@H]3CCC4CCCC(C)(O)[C@]4(C)[C@H]3CC[C@]12C. The molecule has 0 spiro atoms. The van der Waals surface area contributed by atoms with Crippen molar-refractivity contribution in [2.45, 2.75) is 124 Å². The Labute approximate surface area is 181 Å². The molecule has 0 radical (unpaired) electrons. The Hall–Kier alpha value is -0.0400. The average Bonchev–Trinajstić information content (AvgIpc) is 2.99. The lowest BCUT2D eigenvalue weighted by Crippen LogP contribution is -2.62. The Morgan fingerprint density at radius 3 is 2.31 bits per heavy atom. The first kappa shape index (κ1) is 22.2. The minimum atomic E-state index is -0.449. The fourth-order valence-electron chi connectivity index (χ4n) is 9.70. The van der Waals surface area contributed by atoms with Gasteiger partial charge in [0.05, 0.1) is 5.60 Å². The third-order valence-corrected chi connectivity index (χ3v) is 11.5. The predicted molar refractivity (Wildman–Crippen MR) is 124 cm³/mol. The fraction of sp³-hybridized carbons (Fsp3) is 1.00. The number of fused-ring (bicyclic) bond motifs is 5. The van der Waals surface area contributed by atoms with Crippen LogP contribution in [0.1, 0.15) is 119 Å². The molecule has 0 aliphatic heterocycles. The van der Waals surface area contributed by atoms with Gasteiger partial charge in [-0.2, -0.15) is 0 Å². The molecule has 0 amide bonds. The van der Waals surface area contributed by atoms with Crippen LogP contribution in [0.5, 0.6) is 0 Å². The molecular formula is C28H50O. The van der Waals surface area contributed by atoms with E-state index < -0.39 is 5.60 Å². The van der Waals surface area contributed by atoms with Crippen molar-refractivity contribution in [3.8, 4) is 0 Å². The van der Waals surface area contributed by atoms with Crippen LogP contribution in [-0.4, -0.2) is 10.7 Å². The average molecular weight is 403 g/mol. The standard InChI is InChI=1S/C28H50O/c1-19(2)9-7-10-20(3)23-14-15-24-22-13-12-21-11-8-17-27(5,29)28(21,6)25(22)16-18-26(23,24)4/h19-25,29H,7-18H2,1-6H3/t20-,21?,22+,23-,24+,25+,26-,27?,28+/m1/s1. The lowest BCUT2D eigenvalue weighted by atomic mass is 9.41. The molecule has 29 heavy (non-hydrogen) atoms. The molecule has 1 N–H and O–H groups in total. The van der Waals surface area contributed by atoms with Gasteiger partial charge in [0, 0.05) is 5.41 Å². The third kappa shape index (κ3) is 3.44. The largest absolute Gasteiger partial charge is 0.390 e. The van der Waals surface area contributed by atoms with E-state index in [1.807, 2.05) is 0 Å². The molecule has 9 atom stereocenters. The van der Waals surface area contributed by atoms with Gasteiger partial charge >= 0.3 is 0 Å². The van der Waals surface area contributed by atoms with Crippen molar-refractivity contribution in [3.05, 3.63) is 0 Å². The molecule has 4 aliphatic rings. The van der Waals surface area contributed by atoms with Crippen LogP contribution in [-0.2, 0) is 0 Å². The first-order chi connectivity index (χ1) is 13.6. The number of hydrogen-bond acceptors (Lipinski definition) is 1. The van der Waals surface area contributed by atoms with Gasteiger partial charge in [-0.25, -0.2) is 0 Å². The van der Waals surface area contributed by atoms with E-state index >= 15 is 0 Å². The van der Waals surface area contributed by atoms with Crippen molar-refractivity contribution in [1.82, 2.24) is 0 Å². The van der Waals surface area contributed by atoms with Gasteiger partial charge in [-0.05, 0) is 105 Å². The molecule has 168 valence electrons. The van der Waals surface area contributed by atoms with Crippen molar-refractivity contribution in [2.75, 3.05) is 0 Å². The van der Waals surface area contributed by atoms with Crippen LogP contribution in [0.4, 0.5) is 0 Å². The lowest BCUT2D eigenvalue weighted by Gasteiger charge is -2.65. The second kappa shape index (κ2) is 7.83.